The Morgan fingerprint density at radius 2 is 1.09 bits per heavy atom. The maximum atomic E-state index is 8.74. The van der Waals surface area contributed by atoms with Gasteiger partial charge in [-0.1, -0.05) is 139 Å². The third-order valence-corrected chi connectivity index (χ3v) is 10.1. The predicted molar refractivity (Wildman–Crippen MR) is 221 cm³/mol. The van der Waals surface area contributed by atoms with Crippen LogP contribution in [0.5, 0.6) is 0 Å². The van der Waals surface area contributed by atoms with Crippen LogP contribution in [0.2, 0.25) is 0 Å². The Kier molecular flexibility index (Phi) is 5.73. The molecule has 0 fully saturated rings. The lowest BCUT2D eigenvalue weighted by Crippen LogP contribution is -2.01. The number of benzene rings is 8. The largest absolute Gasteiger partial charge is 0.455 e. The van der Waals surface area contributed by atoms with E-state index in [2.05, 4.69) is 65.2 Å². The predicted octanol–water partition coefficient (Wildman–Crippen LogP) is 12.7. The lowest BCUT2D eigenvalue weighted by Gasteiger charge is -2.13. The summed E-state index contributed by atoms with van der Waals surface area (Å²) >= 11 is 0. The van der Waals surface area contributed by atoms with Crippen LogP contribution in [0.25, 0.3) is 105 Å². The third-order valence-electron chi connectivity index (χ3n) is 10.1. The van der Waals surface area contributed by atoms with E-state index in [1.807, 2.05) is 78.9 Å². The van der Waals surface area contributed by atoms with Gasteiger partial charge in [-0.2, -0.15) is 0 Å². The number of hydrogen-bond donors (Lipinski definition) is 0. The van der Waals surface area contributed by atoms with Gasteiger partial charge >= 0.3 is 0 Å². The average molecular weight is 696 g/mol. The summed E-state index contributed by atoms with van der Waals surface area (Å²) in [5.41, 5.74) is 6.89. The van der Waals surface area contributed by atoms with Gasteiger partial charge in [0.05, 0.1) is 23.5 Å². The Hall–Kier alpha value is -7.37. The Morgan fingerprint density at radius 1 is 0.444 bits per heavy atom. The summed E-state index contributed by atoms with van der Waals surface area (Å²) < 4.78 is 51.4. The summed E-state index contributed by atoms with van der Waals surface area (Å²) in [7, 11) is 0. The molecule has 11 rings (SSSR count). The van der Waals surface area contributed by atoms with Crippen molar-refractivity contribution in [3.05, 3.63) is 182 Å². The first-order chi connectivity index (χ1) is 28.8. The molecule has 54 heavy (non-hydrogen) atoms. The second-order valence-corrected chi connectivity index (χ2v) is 13.3. The highest BCUT2D eigenvalue weighted by Crippen LogP contribution is 2.41. The Balaban J connectivity index is 1.23. The zero-order valence-corrected chi connectivity index (χ0v) is 28.6. The SMILES string of the molecule is [2H]c1c([2H])c([2H])c(-c2ccc3oc4c(-c5nc(-c6ccccc6)nc(-c6ccc7ccccc7c6)n5)cc(-n5c6ccccc6c6ccccc65)cc4c3c2)c([2H])c1[2H]. The summed E-state index contributed by atoms with van der Waals surface area (Å²) in [6, 6.07) is 48.6. The minimum atomic E-state index is -0.436. The highest BCUT2D eigenvalue weighted by Gasteiger charge is 2.22. The van der Waals surface area contributed by atoms with Crippen LogP contribution in [-0.2, 0) is 0 Å². The molecule has 3 heterocycles. The van der Waals surface area contributed by atoms with Crippen molar-refractivity contribution in [3.63, 3.8) is 0 Å². The van der Waals surface area contributed by atoms with Gasteiger partial charge in [0, 0.05) is 38.4 Å². The lowest BCUT2D eigenvalue weighted by atomic mass is 10.0. The molecule has 0 radical (unpaired) electrons. The third kappa shape index (κ3) is 4.90. The minimum absolute atomic E-state index is 0.121. The molecule has 252 valence electrons. The van der Waals surface area contributed by atoms with E-state index in [0.717, 1.165) is 54.8 Å². The zero-order chi connectivity index (χ0) is 39.9. The van der Waals surface area contributed by atoms with Crippen LogP contribution in [0.3, 0.4) is 0 Å². The molecule has 0 unspecified atom stereocenters. The summed E-state index contributed by atoms with van der Waals surface area (Å²) in [5, 5.41) is 5.85. The fourth-order valence-electron chi connectivity index (χ4n) is 7.58. The molecule has 0 aliphatic carbocycles. The number of furan rings is 1. The minimum Gasteiger partial charge on any atom is -0.455 e. The summed E-state index contributed by atoms with van der Waals surface area (Å²) in [5.74, 6) is 1.43. The van der Waals surface area contributed by atoms with Crippen molar-refractivity contribution in [2.24, 2.45) is 0 Å². The molecule has 0 bridgehead atoms. The summed E-state index contributed by atoms with van der Waals surface area (Å²) in [4.78, 5) is 15.4. The number of fused-ring (bicyclic) bond motifs is 7. The molecule has 0 saturated carbocycles. The van der Waals surface area contributed by atoms with Gasteiger partial charge in [0.15, 0.2) is 17.5 Å². The maximum absolute atomic E-state index is 8.74. The van der Waals surface area contributed by atoms with Crippen LogP contribution in [0.15, 0.2) is 186 Å². The first kappa shape index (κ1) is 25.6. The second kappa shape index (κ2) is 12.1. The number of rotatable bonds is 5. The normalized spacial score (nSPS) is 13.0. The molecule has 0 N–H and O–H groups in total. The van der Waals surface area contributed by atoms with Gasteiger partial charge in [-0.3, -0.25) is 0 Å². The molecular weight excluding hydrogens is 661 g/mol. The first-order valence-corrected chi connectivity index (χ1v) is 17.7. The Morgan fingerprint density at radius 3 is 1.87 bits per heavy atom. The highest BCUT2D eigenvalue weighted by molar-refractivity contribution is 6.13. The average Bonchev–Trinajstić information content (AvgIpc) is 3.83. The molecule has 0 saturated heterocycles. The van der Waals surface area contributed by atoms with Crippen molar-refractivity contribution in [3.8, 4) is 51.0 Å². The summed E-state index contributed by atoms with van der Waals surface area (Å²) in [6.45, 7) is 0. The topological polar surface area (TPSA) is 56.7 Å². The van der Waals surface area contributed by atoms with Gasteiger partial charge in [-0.15, -0.1) is 0 Å². The molecule has 11 aromatic rings. The standard InChI is InChI=1S/C49H30N4O/c1-3-13-31(14-4-1)35-25-26-45-40(28-35)41-29-37(53-43-21-11-9-19-38(43)39-20-10-12-22-44(39)53)30-42(46(41)54-45)49-51-47(33-16-5-2-6-17-33)50-48(52-49)36-24-23-32-15-7-8-18-34(32)27-36/h1-30H/i1D,3D,4D,13D,14D. The van der Waals surface area contributed by atoms with Crippen LogP contribution in [0, 0.1) is 0 Å². The number of hydrogen-bond acceptors (Lipinski definition) is 4. The molecule has 0 aliphatic heterocycles. The quantitative estimate of drug-likeness (QED) is 0.180. The maximum Gasteiger partial charge on any atom is 0.167 e. The molecule has 0 amide bonds. The lowest BCUT2D eigenvalue weighted by molar-refractivity contribution is 0.669. The number of nitrogens with zero attached hydrogens (tertiary/aromatic N) is 4. The molecule has 5 nitrogen and oxygen atoms in total. The van der Waals surface area contributed by atoms with Crippen molar-refractivity contribution in [2.45, 2.75) is 0 Å². The number of para-hydroxylation sites is 2. The fraction of sp³-hybridized carbons (Fsp3) is 0. The van der Waals surface area contributed by atoms with Crippen molar-refractivity contribution in [1.82, 2.24) is 19.5 Å². The van der Waals surface area contributed by atoms with Gasteiger partial charge in [0.25, 0.3) is 0 Å². The van der Waals surface area contributed by atoms with Crippen LogP contribution in [0.1, 0.15) is 6.85 Å². The van der Waals surface area contributed by atoms with Gasteiger partial charge < -0.3 is 8.98 Å². The highest BCUT2D eigenvalue weighted by atomic mass is 16.3. The van der Waals surface area contributed by atoms with Crippen LogP contribution < -0.4 is 0 Å². The van der Waals surface area contributed by atoms with Crippen molar-refractivity contribution < 1.29 is 11.3 Å². The smallest absolute Gasteiger partial charge is 0.167 e. The monoisotopic (exact) mass is 695 g/mol. The molecule has 0 spiro atoms. The molecule has 0 atom stereocenters. The van der Waals surface area contributed by atoms with E-state index in [4.69, 9.17) is 26.2 Å². The van der Waals surface area contributed by atoms with Crippen LogP contribution in [0.4, 0.5) is 0 Å². The Bertz CT molecular complexity index is 3440. The fourth-order valence-corrected chi connectivity index (χ4v) is 7.58. The van der Waals surface area contributed by atoms with E-state index in [1.165, 1.54) is 0 Å². The number of aromatic nitrogens is 4. The summed E-state index contributed by atoms with van der Waals surface area (Å²) in [6.07, 6.45) is 0. The van der Waals surface area contributed by atoms with Gasteiger partial charge in [-0.05, 0) is 64.4 Å². The zero-order valence-electron chi connectivity index (χ0n) is 33.6. The van der Waals surface area contributed by atoms with E-state index in [0.29, 0.717) is 45.2 Å². The van der Waals surface area contributed by atoms with E-state index >= 15 is 0 Å². The van der Waals surface area contributed by atoms with Crippen molar-refractivity contribution in [2.75, 3.05) is 0 Å². The van der Waals surface area contributed by atoms with Gasteiger partial charge in [-0.25, -0.2) is 15.0 Å². The van der Waals surface area contributed by atoms with Crippen molar-refractivity contribution >= 4 is 54.5 Å². The van der Waals surface area contributed by atoms with Gasteiger partial charge in [0.1, 0.15) is 11.2 Å². The molecule has 5 heteroatoms. The molecule has 0 aliphatic rings. The molecule has 8 aromatic carbocycles. The molecule has 3 aromatic heterocycles. The second-order valence-electron chi connectivity index (χ2n) is 13.3. The Labute approximate surface area is 317 Å². The van der Waals surface area contributed by atoms with Gasteiger partial charge in [0.2, 0.25) is 0 Å². The van der Waals surface area contributed by atoms with Crippen molar-refractivity contribution in [1.29, 1.82) is 0 Å². The van der Waals surface area contributed by atoms with Crippen LogP contribution in [-0.4, -0.2) is 19.5 Å². The van der Waals surface area contributed by atoms with E-state index in [1.54, 1.807) is 12.1 Å². The molecular formula is C49H30N4O. The van der Waals surface area contributed by atoms with E-state index in [-0.39, 0.29) is 29.7 Å². The van der Waals surface area contributed by atoms with E-state index < -0.39 is 6.04 Å². The van der Waals surface area contributed by atoms with E-state index in [9.17, 15) is 0 Å². The first-order valence-electron chi connectivity index (χ1n) is 20.2. The van der Waals surface area contributed by atoms with Crippen LogP contribution >= 0.6 is 0 Å².